The molecule has 0 spiro atoms. The molecule has 0 bridgehead atoms. The minimum atomic E-state index is -0.797. The molecule has 2 fully saturated rings. The van der Waals surface area contributed by atoms with Crippen LogP contribution in [-0.2, 0) is 14.4 Å². The number of hydrogen-bond donors (Lipinski definition) is 1. The molecule has 7 nitrogen and oxygen atoms in total. The zero-order valence-corrected chi connectivity index (χ0v) is 12.4. The molecular weight excluding hydrogens is 300 g/mol. The summed E-state index contributed by atoms with van der Waals surface area (Å²) in [6.45, 7) is 0.0986. The summed E-state index contributed by atoms with van der Waals surface area (Å²) in [4.78, 5) is 37.8. The van der Waals surface area contributed by atoms with E-state index in [2.05, 4.69) is 5.32 Å². The Labute approximate surface area is 132 Å². The van der Waals surface area contributed by atoms with Crippen molar-refractivity contribution in [1.82, 2.24) is 10.2 Å². The van der Waals surface area contributed by atoms with Gasteiger partial charge in [0.1, 0.15) is 12.6 Å². The van der Waals surface area contributed by atoms with E-state index >= 15 is 0 Å². The number of fused-ring (bicyclic) bond motifs is 1. The van der Waals surface area contributed by atoms with E-state index in [9.17, 15) is 14.4 Å². The van der Waals surface area contributed by atoms with Crippen LogP contribution < -0.4 is 14.8 Å². The van der Waals surface area contributed by atoms with Crippen molar-refractivity contribution in [3.8, 4) is 11.5 Å². The van der Waals surface area contributed by atoms with E-state index in [1.165, 1.54) is 4.90 Å². The number of rotatable bonds is 3. The summed E-state index contributed by atoms with van der Waals surface area (Å²) in [5, 5.41) is 2.26. The van der Waals surface area contributed by atoms with E-state index in [1.54, 1.807) is 18.2 Å². The number of carbonyl (C=O) groups excluding carboxylic acids is 3. The van der Waals surface area contributed by atoms with Crippen molar-refractivity contribution in [2.24, 2.45) is 0 Å². The number of hydrogen-bond acceptors (Lipinski definition) is 5. The number of nitrogens with one attached hydrogen (secondary N) is 1. The van der Waals surface area contributed by atoms with Gasteiger partial charge in [0.2, 0.25) is 17.9 Å². The van der Waals surface area contributed by atoms with E-state index in [4.69, 9.17) is 9.47 Å². The van der Waals surface area contributed by atoms with E-state index in [0.717, 1.165) is 12.8 Å². The average molecular weight is 316 g/mol. The molecule has 120 valence electrons. The molecule has 1 aromatic rings. The minimum absolute atomic E-state index is 0.00456. The van der Waals surface area contributed by atoms with Crippen LogP contribution in [0.15, 0.2) is 24.3 Å². The van der Waals surface area contributed by atoms with Crippen molar-refractivity contribution in [2.75, 3.05) is 6.61 Å². The Kier molecular flexibility index (Phi) is 3.21. The number of amides is 3. The zero-order valence-electron chi connectivity index (χ0n) is 12.4. The maximum absolute atomic E-state index is 12.9. The van der Waals surface area contributed by atoms with E-state index in [-0.39, 0.29) is 30.9 Å². The number of imide groups is 1. The van der Waals surface area contributed by atoms with Crippen LogP contribution in [0.4, 0.5) is 0 Å². The van der Waals surface area contributed by atoms with Crippen LogP contribution in [0.1, 0.15) is 19.3 Å². The second-order valence-electron chi connectivity index (χ2n) is 5.97. The Morgan fingerprint density at radius 2 is 1.91 bits per heavy atom. The van der Waals surface area contributed by atoms with Crippen LogP contribution in [0, 0.1) is 0 Å². The molecule has 1 N–H and O–H groups in total. The van der Waals surface area contributed by atoms with Crippen molar-refractivity contribution in [3.63, 3.8) is 0 Å². The third-order valence-corrected chi connectivity index (χ3v) is 4.26. The Balaban J connectivity index is 1.55. The first-order chi connectivity index (χ1) is 11.1. The molecule has 1 aromatic carbocycles. The Morgan fingerprint density at radius 3 is 2.57 bits per heavy atom. The lowest BCUT2D eigenvalue weighted by molar-refractivity contribution is -0.147. The number of para-hydroxylation sites is 2. The fourth-order valence-electron chi connectivity index (χ4n) is 3.01. The highest BCUT2D eigenvalue weighted by atomic mass is 16.6. The van der Waals surface area contributed by atoms with Gasteiger partial charge in [0.15, 0.2) is 11.5 Å². The van der Waals surface area contributed by atoms with Crippen molar-refractivity contribution in [1.29, 1.82) is 0 Å². The molecule has 3 amide bonds. The van der Waals surface area contributed by atoms with Gasteiger partial charge < -0.3 is 14.4 Å². The van der Waals surface area contributed by atoms with Crippen molar-refractivity contribution in [3.05, 3.63) is 24.3 Å². The van der Waals surface area contributed by atoms with Gasteiger partial charge >= 0.3 is 0 Å². The van der Waals surface area contributed by atoms with Gasteiger partial charge in [-0.15, -0.1) is 0 Å². The molecule has 23 heavy (non-hydrogen) atoms. The summed E-state index contributed by atoms with van der Waals surface area (Å²) < 4.78 is 11.3. The van der Waals surface area contributed by atoms with Gasteiger partial charge in [-0.25, -0.2) is 0 Å². The molecule has 3 aliphatic rings. The number of carbonyl (C=O) groups is 3. The van der Waals surface area contributed by atoms with Crippen LogP contribution in [-0.4, -0.2) is 47.4 Å². The van der Waals surface area contributed by atoms with Crippen LogP contribution in [0.5, 0.6) is 11.5 Å². The van der Waals surface area contributed by atoms with Gasteiger partial charge in [-0.05, 0) is 25.0 Å². The van der Waals surface area contributed by atoms with Crippen molar-refractivity contribution >= 4 is 17.7 Å². The van der Waals surface area contributed by atoms with Gasteiger partial charge in [0, 0.05) is 6.04 Å². The van der Waals surface area contributed by atoms with Crippen molar-refractivity contribution < 1.29 is 23.9 Å². The summed E-state index contributed by atoms with van der Waals surface area (Å²) in [5.41, 5.74) is 0. The monoisotopic (exact) mass is 316 g/mol. The summed E-state index contributed by atoms with van der Waals surface area (Å²) in [6, 6.07) is 6.42. The molecule has 2 atom stereocenters. The highest BCUT2D eigenvalue weighted by molar-refractivity contribution is 6.07. The number of nitrogens with zero attached hydrogens (tertiary/aromatic N) is 1. The smallest absolute Gasteiger partial charge is 0.268 e. The molecule has 0 aromatic heterocycles. The molecule has 1 saturated carbocycles. The predicted octanol–water partition coefficient (Wildman–Crippen LogP) is 0.232. The molecule has 2 heterocycles. The van der Waals surface area contributed by atoms with E-state index in [0.29, 0.717) is 11.5 Å². The first-order valence-electron chi connectivity index (χ1n) is 7.68. The lowest BCUT2D eigenvalue weighted by Gasteiger charge is -2.33. The lowest BCUT2D eigenvalue weighted by atomic mass is 10.1. The molecule has 0 radical (unpaired) electrons. The highest BCUT2D eigenvalue weighted by Crippen LogP contribution is 2.35. The van der Waals surface area contributed by atoms with Crippen LogP contribution in [0.3, 0.4) is 0 Å². The molecule has 0 unspecified atom stereocenters. The molecule has 4 rings (SSSR count). The van der Waals surface area contributed by atoms with Crippen molar-refractivity contribution in [2.45, 2.75) is 37.5 Å². The third kappa shape index (κ3) is 2.52. The Hall–Kier alpha value is -2.57. The maximum atomic E-state index is 12.9. The molecule has 1 aliphatic carbocycles. The highest BCUT2D eigenvalue weighted by Gasteiger charge is 2.47. The number of ether oxygens (including phenoxy) is 2. The average Bonchev–Trinajstić information content (AvgIpc) is 3.32. The second kappa shape index (κ2) is 5.26. The quantitative estimate of drug-likeness (QED) is 0.807. The standard InChI is InChI=1S/C16H16N2O5/c19-14-7-10(15(20)17-14)18(9-5-6-9)16(21)13-8-22-11-3-1-2-4-12(11)23-13/h1-4,9-10,13H,5-8H2,(H,17,19,20)/t10-,13-/m0/s1. The van der Waals surface area contributed by atoms with Gasteiger partial charge in [-0.2, -0.15) is 0 Å². The maximum Gasteiger partial charge on any atom is 0.268 e. The predicted molar refractivity (Wildman–Crippen MR) is 77.8 cm³/mol. The third-order valence-electron chi connectivity index (χ3n) is 4.26. The van der Waals surface area contributed by atoms with Crippen LogP contribution >= 0.6 is 0 Å². The normalized spacial score (nSPS) is 25.9. The second-order valence-corrected chi connectivity index (χ2v) is 5.97. The zero-order chi connectivity index (χ0) is 16.0. The SMILES string of the molecule is O=C1C[C@H](N(C(=O)[C@@H]2COc3ccccc3O2)C2CC2)C(=O)N1. The summed E-state index contributed by atoms with van der Waals surface area (Å²) >= 11 is 0. The molecule has 2 aliphatic heterocycles. The molecular formula is C16H16N2O5. The topological polar surface area (TPSA) is 84.9 Å². The molecule has 7 heteroatoms. The van der Waals surface area contributed by atoms with Gasteiger partial charge in [-0.1, -0.05) is 12.1 Å². The largest absolute Gasteiger partial charge is 0.485 e. The van der Waals surface area contributed by atoms with Crippen LogP contribution in [0.2, 0.25) is 0 Å². The van der Waals surface area contributed by atoms with Gasteiger partial charge in [-0.3, -0.25) is 19.7 Å². The van der Waals surface area contributed by atoms with Gasteiger partial charge in [0.25, 0.3) is 5.91 Å². The lowest BCUT2D eigenvalue weighted by Crippen LogP contribution is -2.53. The minimum Gasteiger partial charge on any atom is -0.485 e. The summed E-state index contributed by atoms with van der Waals surface area (Å²) in [5.74, 6) is 0.0666. The fraction of sp³-hybridized carbons (Fsp3) is 0.438. The Bertz CT molecular complexity index is 685. The van der Waals surface area contributed by atoms with Gasteiger partial charge in [0.05, 0.1) is 6.42 Å². The van der Waals surface area contributed by atoms with Crippen LogP contribution in [0.25, 0.3) is 0 Å². The van der Waals surface area contributed by atoms with E-state index < -0.39 is 18.1 Å². The number of benzene rings is 1. The first-order valence-corrected chi connectivity index (χ1v) is 7.68. The molecule has 1 saturated heterocycles. The first kappa shape index (κ1) is 14.0. The van der Waals surface area contributed by atoms with E-state index in [1.807, 2.05) is 6.07 Å². The summed E-state index contributed by atoms with van der Waals surface area (Å²) in [7, 11) is 0. The Morgan fingerprint density at radius 1 is 1.17 bits per heavy atom. The fourth-order valence-corrected chi connectivity index (χ4v) is 3.01. The summed E-state index contributed by atoms with van der Waals surface area (Å²) in [6.07, 6.45) is 0.904.